The summed E-state index contributed by atoms with van der Waals surface area (Å²) in [5.41, 5.74) is 0.629. The molecule has 2 amide bonds. The number of carbonyl (C=O) groups is 2. The molecule has 0 bridgehead atoms. The lowest BCUT2D eigenvalue weighted by Crippen LogP contribution is -2.57. The molecule has 0 N–H and O–H groups in total. The Hall–Kier alpha value is -1.78. The zero-order valence-electron chi connectivity index (χ0n) is 15.6. The van der Waals surface area contributed by atoms with Crippen LogP contribution in [0.15, 0.2) is 23.0 Å². The third-order valence-electron chi connectivity index (χ3n) is 6.70. The van der Waals surface area contributed by atoms with Gasteiger partial charge in [-0.3, -0.25) is 9.59 Å². The molecular formula is C21H30N2O3. The monoisotopic (exact) mass is 358 g/mol. The highest BCUT2D eigenvalue weighted by Gasteiger charge is 2.40. The third-order valence-corrected chi connectivity index (χ3v) is 6.70. The van der Waals surface area contributed by atoms with E-state index in [-0.39, 0.29) is 5.91 Å². The summed E-state index contributed by atoms with van der Waals surface area (Å²) >= 11 is 0. The van der Waals surface area contributed by atoms with E-state index < -0.39 is 0 Å². The molecule has 5 nitrogen and oxygen atoms in total. The van der Waals surface area contributed by atoms with Gasteiger partial charge in [0.05, 0.1) is 11.8 Å². The molecule has 3 aliphatic rings. The van der Waals surface area contributed by atoms with Gasteiger partial charge in [-0.2, -0.15) is 0 Å². The molecule has 1 aromatic rings. The van der Waals surface area contributed by atoms with Crippen LogP contribution in [0.25, 0.3) is 0 Å². The summed E-state index contributed by atoms with van der Waals surface area (Å²) in [6, 6.07) is 2.06. The van der Waals surface area contributed by atoms with Crippen molar-refractivity contribution in [2.24, 2.45) is 11.8 Å². The summed E-state index contributed by atoms with van der Waals surface area (Å²) in [6.07, 6.45) is 13.5. The molecular weight excluding hydrogens is 328 g/mol. The SMILES string of the molecule is O=C(c1ccoc1)N1CC[C@H]2[C@H](CCC(=O)N2CCC2CCCCC2)C1. The first kappa shape index (κ1) is 17.6. The third kappa shape index (κ3) is 3.67. The van der Waals surface area contributed by atoms with E-state index in [0.29, 0.717) is 29.9 Å². The smallest absolute Gasteiger partial charge is 0.257 e. The number of carbonyl (C=O) groups excluding carboxylic acids is 2. The second kappa shape index (κ2) is 7.85. The average molecular weight is 358 g/mol. The fourth-order valence-corrected chi connectivity index (χ4v) is 5.19. The molecule has 26 heavy (non-hydrogen) atoms. The van der Waals surface area contributed by atoms with E-state index in [1.54, 1.807) is 12.3 Å². The predicted molar refractivity (Wildman–Crippen MR) is 98.6 cm³/mol. The highest BCUT2D eigenvalue weighted by Crippen LogP contribution is 2.33. The first-order valence-electron chi connectivity index (χ1n) is 10.3. The molecule has 2 aliphatic heterocycles. The molecule has 1 aliphatic carbocycles. The summed E-state index contributed by atoms with van der Waals surface area (Å²) in [5, 5.41) is 0. The van der Waals surface area contributed by atoms with Crippen LogP contribution in [0.3, 0.4) is 0 Å². The van der Waals surface area contributed by atoms with Gasteiger partial charge in [0.2, 0.25) is 5.91 Å². The lowest BCUT2D eigenvalue weighted by Gasteiger charge is -2.47. The molecule has 0 spiro atoms. The quantitative estimate of drug-likeness (QED) is 0.824. The number of amides is 2. The molecule has 3 fully saturated rings. The lowest BCUT2D eigenvalue weighted by molar-refractivity contribution is -0.140. The van der Waals surface area contributed by atoms with E-state index >= 15 is 0 Å². The van der Waals surface area contributed by atoms with Crippen LogP contribution in [0.4, 0.5) is 0 Å². The highest BCUT2D eigenvalue weighted by atomic mass is 16.3. The molecule has 2 saturated heterocycles. The summed E-state index contributed by atoms with van der Waals surface area (Å²) in [5.74, 6) is 1.61. The van der Waals surface area contributed by atoms with Crippen LogP contribution >= 0.6 is 0 Å². The number of hydrogen-bond acceptors (Lipinski definition) is 3. The van der Waals surface area contributed by atoms with Crippen LogP contribution in [0.2, 0.25) is 0 Å². The summed E-state index contributed by atoms with van der Waals surface area (Å²) in [4.78, 5) is 29.3. The minimum absolute atomic E-state index is 0.0582. The Kier molecular flexibility index (Phi) is 5.32. The van der Waals surface area contributed by atoms with Crippen LogP contribution in [0.1, 0.15) is 68.1 Å². The maximum atomic E-state index is 12.6. The van der Waals surface area contributed by atoms with Crippen molar-refractivity contribution in [3.05, 3.63) is 24.2 Å². The molecule has 4 rings (SSSR count). The number of piperidine rings is 2. The van der Waals surface area contributed by atoms with Crippen molar-refractivity contribution < 1.29 is 14.0 Å². The molecule has 0 aromatic carbocycles. The Bertz CT molecular complexity index is 621. The van der Waals surface area contributed by atoms with Crippen molar-refractivity contribution in [3.8, 4) is 0 Å². The number of nitrogens with zero attached hydrogens (tertiary/aromatic N) is 2. The fraction of sp³-hybridized carbons (Fsp3) is 0.714. The van der Waals surface area contributed by atoms with Gasteiger partial charge in [0.1, 0.15) is 6.26 Å². The Morgan fingerprint density at radius 2 is 2.00 bits per heavy atom. The van der Waals surface area contributed by atoms with E-state index in [2.05, 4.69) is 4.90 Å². The van der Waals surface area contributed by atoms with Crippen molar-refractivity contribution >= 4 is 11.8 Å². The predicted octanol–water partition coefficient (Wildman–Crippen LogP) is 3.70. The second-order valence-electron chi connectivity index (χ2n) is 8.30. The van der Waals surface area contributed by atoms with Crippen molar-refractivity contribution in [2.75, 3.05) is 19.6 Å². The minimum Gasteiger partial charge on any atom is -0.472 e. The van der Waals surface area contributed by atoms with Gasteiger partial charge in [-0.1, -0.05) is 32.1 Å². The maximum absolute atomic E-state index is 12.6. The fourth-order valence-electron chi connectivity index (χ4n) is 5.19. The number of rotatable bonds is 4. The zero-order valence-corrected chi connectivity index (χ0v) is 15.6. The Labute approximate surface area is 155 Å². The van der Waals surface area contributed by atoms with E-state index in [0.717, 1.165) is 44.8 Å². The van der Waals surface area contributed by atoms with Crippen molar-refractivity contribution in [2.45, 2.75) is 63.8 Å². The van der Waals surface area contributed by atoms with Crippen LogP contribution in [0, 0.1) is 11.8 Å². The number of hydrogen-bond donors (Lipinski definition) is 0. The largest absolute Gasteiger partial charge is 0.472 e. The number of likely N-dealkylation sites (tertiary alicyclic amines) is 2. The second-order valence-corrected chi connectivity index (χ2v) is 8.30. The van der Waals surface area contributed by atoms with Crippen LogP contribution < -0.4 is 0 Å². The van der Waals surface area contributed by atoms with Crippen LogP contribution in [-0.2, 0) is 4.79 Å². The Morgan fingerprint density at radius 3 is 2.77 bits per heavy atom. The maximum Gasteiger partial charge on any atom is 0.257 e. The molecule has 2 atom stereocenters. The first-order valence-corrected chi connectivity index (χ1v) is 10.3. The van der Waals surface area contributed by atoms with Gasteiger partial charge in [0.25, 0.3) is 5.91 Å². The van der Waals surface area contributed by atoms with E-state index in [9.17, 15) is 9.59 Å². The van der Waals surface area contributed by atoms with E-state index in [1.807, 2.05) is 4.90 Å². The molecule has 1 aromatic heterocycles. The molecule has 3 heterocycles. The average Bonchev–Trinajstić information content (AvgIpc) is 3.22. The van der Waals surface area contributed by atoms with E-state index in [1.165, 1.54) is 38.4 Å². The van der Waals surface area contributed by atoms with E-state index in [4.69, 9.17) is 4.42 Å². The summed E-state index contributed by atoms with van der Waals surface area (Å²) in [6.45, 7) is 2.42. The normalized spacial score (nSPS) is 27.5. The molecule has 1 saturated carbocycles. The number of fused-ring (bicyclic) bond motifs is 1. The lowest BCUT2D eigenvalue weighted by atomic mass is 9.82. The van der Waals surface area contributed by atoms with Crippen LogP contribution in [-0.4, -0.2) is 47.3 Å². The van der Waals surface area contributed by atoms with Crippen molar-refractivity contribution in [1.82, 2.24) is 9.80 Å². The van der Waals surface area contributed by atoms with Gasteiger partial charge in [0.15, 0.2) is 0 Å². The van der Waals surface area contributed by atoms with Crippen molar-refractivity contribution in [1.29, 1.82) is 0 Å². The Balaban J connectivity index is 1.36. The van der Waals surface area contributed by atoms with Gasteiger partial charge >= 0.3 is 0 Å². The first-order chi connectivity index (χ1) is 12.7. The standard InChI is InChI=1S/C21H30N2O3/c24-20-7-6-17-14-22(21(25)18-10-13-26-15-18)11-9-19(17)23(20)12-8-16-4-2-1-3-5-16/h10,13,15-17,19H,1-9,11-12,14H2/t17-,19+/m1/s1. The van der Waals surface area contributed by atoms with Gasteiger partial charge in [-0.15, -0.1) is 0 Å². The summed E-state index contributed by atoms with van der Waals surface area (Å²) < 4.78 is 5.05. The molecule has 5 heteroatoms. The summed E-state index contributed by atoms with van der Waals surface area (Å²) in [7, 11) is 0. The Morgan fingerprint density at radius 1 is 1.15 bits per heavy atom. The number of furan rings is 1. The van der Waals surface area contributed by atoms with Gasteiger partial charge in [-0.05, 0) is 37.2 Å². The van der Waals surface area contributed by atoms with Crippen LogP contribution in [0.5, 0.6) is 0 Å². The van der Waals surface area contributed by atoms with Crippen molar-refractivity contribution in [3.63, 3.8) is 0 Å². The van der Waals surface area contributed by atoms with Gasteiger partial charge in [-0.25, -0.2) is 0 Å². The topological polar surface area (TPSA) is 53.8 Å². The zero-order chi connectivity index (χ0) is 17.9. The van der Waals surface area contributed by atoms with Gasteiger partial charge < -0.3 is 14.2 Å². The highest BCUT2D eigenvalue weighted by molar-refractivity contribution is 5.94. The molecule has 0 unspecified atom stereocenters. The minimum atomic E-state index is 0.0582. The molecule has 0 radical (unpaired) electrons. The van der Waals surface area contributed by atoms with Gasteiger partial charge in [0, 0.05) is 32.1 Å². The molecule has 142 valence electrons.